The highest BCUT2D eigenvalue weighted by Gasteiger charge is 2.39. The van der Waals surface area contributed by atoms with Crippen molar-refractivity contribution in [2.24, 2.45) is 5.92 Å². The van der Waals surface area contributed by atoms with Crippen LogP contribution in [0.15, 0.2) is 4.47 Å². The van der Waals surface area contributed by atoms with Gasteiger partial charge in [0.05, 0.1) is 10.2 Å². The van der Waals surface area contributed by atoms with E-state index in [9.17, 15) is 0 Å². The lowest BCUT2D eigenvalue weighted by Gasteiger charge is -2.38. The van der Waals surface area contributed by atoms with Crippen molar-refractivity contribution in [1.82, 2.24) is 9.97 Å². The highest BCUT2D eigenvalue weighted by molar-refractivity contribution is 9.10. The predicted octanol–water partition coefficient (Wildman–Crippen LogP) is 4.22. The molecule has 2 N–H and O–H groups in total. The van der Waals surface area contributed by atoms with Crippen LogP contribution >= 0.6 is 15.9 Å². The maximum Gasteiger partial charge on any atom is 0.162 e. The van der Waals surface area contributed by atoms with Gasteiger partial charge in [-0.1, -0.05) is 20.3 Å². The van der Waals surface area contributed by atoms with Crippen molar-refractivity contribution >= 4 is 21.7 Å². The van der Waals surface area contributed by atoms with Gasteiger partial charge in [-0.15, -0.1) is 0 Å². The van der Waals surface area contributed by atoms with Crippen molar-refractivity contribution < 1.29 is 4.74 Å². The van der Waals surface area contributed by atoms with Gasteiger partial charge in [0.15, 0.2) is 5.82 Å². The van der Waals surface area contributed by atoms with Crippen LogP contribution in [0, 0.1) is 5.92 Å². The van der Waals surface area contributed by atoms with Gasteiger partial charge in [0.25, 0.3) is 0 Å². The number of hydrogen-bond donors (Lipinski definition) is 1. The highest BCUT2D eigenvalue weighted by atomic mass is 79.9. The van der Waals surface area contributed by atoms with Crippen molar-refractivity contribution in [3.05, 3.63) is 16.0 Å². The third-order valence-corrected chi connectivity index (χ3v) is 5.21. The molecule has 1 saturated carbocycles. The van der Waals surface area contributed by atoms with E-state index in [0.717, 1.165) is 60.4 Å². The van der Waals surface area contributed by atoms with Gasteiger partial charge in [0.1, 0.15) is 11.4 Å². The molecule has 1 heterocycles. The van der Waals surface area contributed by atoms with E-state index in [4.69, 9.17) is 15.5 Å². The molecule has 118 valence electrons. The molecule has 0 amide bonds. The first kappa shape index (κ1) is 16.7. The molecule has 4 nitrogen and oxygen atoms in total. The normalized spacial score (nSPS) is 26.0. The lowest BCUT2D eigenvalue weighted by Crippen LogP contribution is -2.36. The fraction of sp³-hybridized carbons (Fsp3) is 0.750. The first-order valence-electron chi connectivity index (χ1n) is 7.98. The zero-order valence-corrected chi connectivity index (χ0v) is 14.9. The molecule has 1 aliphatic carbocycles. The number of anilines is 1. The maximum absolute atomic E-state index is 6.14. The largest absolute Gasteiger partial charge is 0.383 e. The van der Waals surface area contributed by atoms with E-state index in [1.54, 1.807) is 0 Å². The number of halogens is 1. The van der Waals surface area contributed by atoms with E-state index in [2.05, 4.69) is 34.8 Å². The highest BCUT2D eigenvalue weighted by Crippen LogP contribution is 2.42. The van der Waals surface area contributed by atoms with E-state index < -0.39 is 0 Å². The smallest absolute Gasteiger partial charge is 0.162 e. The number of aromatic nitrogens is 2. The summed E-state index contributed by atoms with van der Waals surface area (Å²) in [5.74, 6) is 2.06. The summed E-state index contributed by atoms with van der Waals surface area (Å²) in [6.07, 6.45) is 6.21. The molecule has 0 saturated heterocycles. The van der Waals surface area contributed by atoms with Crippen LogP contribution in [0.5, 0.6) is 0 Å². The fourth-order valence-electron chi connectivity index (χ4n) is 3.06. The van der Waals surface area contributed by atoms with Crippen molar-refractivity contribution in [3.8, 4) is 0 Å². The number of rotatable bonds is 5. The SMILES string of the molecule is CCCc1nc(C2(OCC)CCC(C)CC2)nc(N)c1Br. The Labute approximate surface area is 136 Å². The number of ether oxygens (including phenoxy) is 1. The summed E-state index contributed by atoms with van der Waals surface area (Å²) in [7, 11) is 0. The molecule has 0 spiro atoms. The van der Waals surface area contributed by atoms with Crippen molar-refractivity contribution in [3.63, 3.8) is 0 Å². The van der Waals surface area contributed by atoms with Crippen LogP contribution in [0.4, 0.5) is 5.82 Å². The summed E-state index contributed by atoms with van der Waals surface area (Å²) in [5, 5.41) is 0. The van der Waals surface area contributed by atoms with Gasteiger partial charge in [-0.3, -0.25) is 0 Å². The van der Waals surface area contributed by atoms with Crippen LogP contribution in [-0.4, -0.2) is 16.6 Å². The van der Waals surface area contributed by atoms with Gasteiger partial charge in [-0.25, -0.2) is 9.97 Å². The molecule has 1 fully saturated rings. The maximum atomic E-state index is 6.14. The fourth-order valence-corrected chi connectivity index (χ4v) is 3.43. The molecule has 21 heavy (non-hydrogen) atoms. The van der Waals surface area contributed by atoms with Crippen LogP contribution in [0.3, 0.4) is 0 Å². The second-order valence-electron chi connectivity index (χ2n) is 6.05. The molecule has 2 rings (SSSR count). The molecule has 5 heteroatoms. The monoisotopic (exact) mass is 355 g/mol. The summed E-state index contributed by atoms with van der Waals surface area (Å²) in [5.41, 5.74) is 6.74. The van der Waals surface area contributed by atoms with E-state index >= 15 is 0 Å². The standard InChI is InChI=1S/C16H26BrN3O/c1-4-6-12-13(17)14(18)20-15(19-12)16(21-5-2)9-7-11(3)8-10-16/h11H,4-10H2,1-3H3,(H2,18,19,20). The van der Waals surface area contributed by atoms with E-state index in [1.165, 1.54) is 0 Å². The van der Waals surface area contributed by atoms with Crippen molar-refractivity contribution in [2.75, 3.05) is 12.3 Å². The Bertz CT molecular complexity index is 485. The molecular formula is C16H26BrN3O. The zero-order chi connectivity index (χ0) is 15.5. The number of nitrogens with zero attached hydrogens (tertiary/aromatic N) is 2. The molecule has 0 aliphatic heterocycles. The van der Waals surface area contributed by atoms with E-state index in [1.807, 2.05) is 6.92 Å². The summed E-state index contributed by atoms with van der Waals surface area (Å²) < 4.78 is 6.97. The Kier molecular flexibility index (Phi) is 5.60. The Morgan fingerprint density at radius 3 is 2.52 bits per heavy atom. The summed E-state index contributed by atoms with van der Waals surface area (Å²) in [4.78, 5) is 9.35. The average molecular weight is 356 g/mol. The third-order valence-electron chi connectivity index (χ3n) is 4.34. The molecule has 0 unspecified atom stereocenters. The van der Waals surface area contributed by atoms with Crippen LogP contribution in [0.2, 0.25) is 0 Å². The van der Waals surface area contributed by atoms with Gasteiger partial charge in [-0.05, 0) is 60.9 Å². The van der Waals surface area contributed by atoms with Crippen LogP contribution in [0.25, 0.3) is 0 Å². The Morgan fingerprint density at radius 1 is 1.29 bits per heavy atom. The van der Waals surface area contributed by atoms with Gasteiger partial charge in [-0.2, -0.15) is 0 Å². The minimum absolute atomic E-state index is 0.349. The Morgan fingerprint density at radius 2 is 1.95 bits per heavy atom. The molecule has 0 bridgehead atoms. The molecule has 1 aromatic heterocycles. The molecular weight excluding hydrogens is 330 g/mol. The van der Waals surface area contributed by atoms with Gasteiger partial charge in [0, 0.05) is 6.61 Å². The number of nitrogen functional groups attached to an aromatic ring is 1. The first-order valence-corrected chi connectivity index (χ1v) is 8.78. The van der Waals surface area contributed by atoms with E-state index in [-0.39, 0.29) is 5.60 Å². The van der Waals surface area contributed by atoms with Crippen molar-refractivity contribution in [2.45, 2.75) is 64.9 Å². The molecule has 1 aromatic rings. The van der Waals surface area contributed by atoms with Gasteiger partial charge < -0.3 is 10.5 Å². The molecule has 0 atom stereocenters. The Balaban J connectivity index is 2.40. The second kappa shape index (κ2) is 7.05. The zero-order valence-electron chi connectivity index (χ0n) is 13.3. The third kappa shape index (κ3) is 3.57. The van der Waals surface area contributed by atoms with Crippen LogP contribution in [0.1, 0.15) is 64.4 Å². The summed E-state index contributed by atoms with van der Waals surface area (Å²) >= 11 is 3.51. The van der Waals surface area contributed by atoms with Crippen molar-refractivity contribution in [1.29, 1.82) is 0 Å². The van der Waals surface area contributed by atoms with Crippen LogP contribution < -0.4 is 5.73 Å². The lowest BCUT2D eigenvalue weighted by molar-refractivity contribution is -0.0837. The predicted molar refractivity (Wildman–Crippen MR) is 89.1 cm³/mol. The summed E-state index contributed by atoms with van der Waals surface area (Å²) in [6.45, 7) is 7.16. The minimum atomic E-state index is -0.349. The molecule has 0 radical (unpaired) electrons. The Hall–Kier alpha value is -0.680. The van der Waals surface area contributed by atoms with E-state index in [0.29, 0.717) is 12.4 Å². The molecule has 1 aliphatic rings. The minimum Gasteiger partial charge on any atom is -0.383 e. The molecule has 0 aromatic carbocycles. The number of aryl methyl sites for hydroxylation is 1. The summed E-state index contributed by atoms with van der Waals surface area (Å²) in [6, 6.07) is 0. The quantitative estimate of drug-likeness (QED) is 0.858. The van der Waals surface area contributed by atoms with Crippen LogP contribution in [-0.2, 0) is 16.8 Å². The average Bonchev–Trinajstić information content (AvgIpc) is 2.47. The lowest BCUT2D eigenvalue weighted by atomic mass is 9.78. The second-order valence-corrected chi connectivity index (χ2v) is 6.85. The van der Waals surface area contributed by atoms with Gasteiger partial charge >= 0.3 is 0 Å². The number of hydrogen-bond acceptors (Lipinski definition) is 4. The van der Waals surface area contributed by atoms with Gasteiger partial charge in [0.2, 0.25) is 0 Å². The first-order chi connectivity index (χ1) is 10.0. The number of nitrogens with two attached hydrogens (primary N) is 1. The topological polar surface area (TPSA) is 61.0 Å².